The van der Waals surface area contributed by atoms with Gasteiger partial charge in [0.05, 0.1) is 0 Å². The van der Waals surface area contributed by atoms with Crippen molar-refractivity contribution in [2.75, 3.05) is 5.32 Å². The van der Waals surface area contributed by atoms with Crippen LogP contribution in [0.5, 0.6) is 0 Å². The fourth-order valence-corrected chi connectivity index (χ4v) is 2.18. The molecule has 2 nitrogen and oxygen atoms in total. The zero-order chi connectivity index (χ0) is 14.7. The number of aryl methyl sites for hydroxylation is 2. The number of carbonyl (C=O) groups is 1. The van der Waals surface area contributed by atoms with Crippen molar-refractivity contribution in [1.82, 2.24) is 0 Å². The van der Waals surface area contributed by atoms with Gasteiger partial charge >= 0.3 is 0 Å². The predicted molar refractivity (Wildman–Crippen MR) is 84.5 cm³/mol. The molecule has 0 atom stereocenters. The first-order chi connectivity index (χ1) is 9.49. The van der Waals surface area contributed by atoms with Crippen LogP contribution in [0.2, 0.25) is 0 Å². The van der Waals surface area contributed by atoms with Gasteiger partial charge in [-0.25, -0.2) is 0 Å². The number of ketones is 1. The molecule has 1 N–H and O–H groups in total. The maximum Gasteiger partial charge on any atom is 0.195 e. The van der Waals surface area contributed by atoms with Gasteiger partial charge in [-0.3, -0.25) is 4.79 Å². The molecule has 0 bridgehead atoms. The molecule has 0 unspecified atom stereocenters. The van der Waals surface area contributed by atoms with Gasteiger partial charge in [0.1, 0.15) is 0 Å². The van der Waals surface area contributed by atoms with Gasteiger partial charge in [-0.1, -0.05) is 30.3 Å². The lowest BCUT2D eigenvalue weighted by molar-refractivity contribution is 0.103. The van der Waals surface area contributed by atoms with Crippen LogP contribution in [0.3, 0.4) is 0 Å². The Morgan fingerprint density at radius 3 is 2.20 bits per heavy atom. The largest absolute Gasteiger partial charge is 0.382 e. The molecular formula is C18H21NO. The van der Waals surface area contributed by atoms with E-state index in [4.69, 9.17) is 0 Å². The summed E-state index contributed by atoms with van der Waals surface area (Å²) in [4.78, 5) is 12.7. The zero-order valence-electron chi connectivity index (χ0n) is 12.5. The third-order valence-corrected chi connectivity index (χ3v) is 3.36. The van der Waals surface area contributed by atoms with Crippen molar-refractivity contribution in [3.05, 3.63) is 64.7 Å². The van der Waals surface area contributed by atoms with E-state index in [1.54, 1.807) is 0 Å². The molecule has 20 heavy (non-hydrogen) atoms. The SMILES string of the molecule is Cc1cc(NC(C)C)c(C(=O)c2ccccc2)cc1C. The van der Waals surface area contributed by atoms with Crippen LogP contribution in [0.4, 0.5) is 5.69 Å². The molecule has 2 heteroatoms. The third-order valence-electron chi connectivity index (χ3n) is 3.36. The second-order valence-corrected chi connectivity index (χ2v) is 5.48. The fraction of sp³-hybridized carbons (Fsp3) is 0.278. The molecule has 0 aliphatic heterocycles. The monoisotopic (exact) mass is 267 g/mol. The molecule has 0 aliphatic rings. The van der Waals surface area contributed by atoms with E-state index < -0.39 is 0 Å². The second-order valence-electron chi connectivity index (χ2n) is 5.48. The Hall–Kier alpha value is -2.09. The molecule has 2 aromatic rings. The van der Waals surface area contributed by atoms with E-state index in [2.05, 4.69) is 32.2 Å². The van der Waals surface area contributed by atoms with Gasteiger partial charge in [0.2, 0.25) is 0 Å². The van der Waals surface area contributed by atoms with E-state index in [0.29, 0.717) is 6.04 Å². The van der Waals surface area contributed by atoms with Crippen LogP contribution < -0.4 is 5.32 Å². The average molecular weight is 267 g/mol. The molecule has 0 saturated heterocycles. The molecule has 0 saturated carbocycles. The minimum atomic E-state index is 0.0665. The summed E-state index contributed by atoms with van der Waals surface area (Å²) < 4.78 is 0. The molecule has 0 spiro atoms. The van der Waals surface area contributed by atoms with Gasteiger partial charge in [0, 0.05) is 22.9 Å². The smallest absolute Gasteiger partial charge is 0.195 e. The van der Waals surface area contributed by atoms with Crippen molar-refractivity contribution in [1.29, 1.82) is 0 Å². The van der Waals surface area contributed by atoms with E-state index in [1.807, 2.05) is 43.3 Å². The summed E-state index contributed by atoms with van der Waals surface area (Å²) in [5, 5.41) is 3.37. The predicted octanol–water partition coefficient (Wildman–Crippen LogP) is 4.35. The Morgan fingerprint density at radius 2 is 1.60 bits per heavy atom. The molecule has 2 rings (SSSR count). The summed E-state index contributed by atoms with van der Waals surface area (Å²) in [6.45, 7) is 8.26. The summed E-state index contributed by atoms with van der Waals surface area (Å²) in [5.41, 5.74) is 4.71. The Labute approximate surface area is 120 Å². The lowest BCUT2D eigenvalue weighted by atomic mass is 9.97. The van der Waals surface area contributed by atoms with Crippen molar-refractivity contribution in [3.63, 3.8) is 0 Å². The number of anilines is 1. The van der Waals surface area contributed by atoms with E-state index in [-0.39, 0.29) is 5.78 Å². The van der Waals surface area contributed by atoms with E-state index in [1.165, 1.54) is 5.56 Å². The van der Waals surface area contributed by atoms with E-state index >= 15 is 0 Å². The Balaban J connectivity index is 2.49. The Bertz CT molecular complexity index is 615. The van der Waals surface area contributed by atoms with E-state index in [9.17, 15) is 4.79 Å². The summed E-state index contributed by atoms with van der Waals surface area (Å²) >= 11 is 0. The van der Waals surface area contributed by atoms with Crippen LogP contribution in [0.15, 0.2) is 42.5 Å². The number of nitrogens with one attached hydrogen (secondary N) is 1. The summed E-state index contributed by atoms with van der Waals surface area (Å²) in [5.74, 6) is 0.0665. The quantitative estimate of drug-likeness (QED) is 0.834. The Kier molecular flexibility index (Phi) is 4.23. The standard InChI is InChI=1S/C18H21NO/c1-12(2)19-17-11-14(4)13(3)10-16(17)18(20)15-8-6-5-7-9-15/h5-12,19H,1-4H3. The first kappa shape index (κ1) is 14.3. The fourth-order valence-electron chi connectivity index (χ4n) is 2.18. The Morgan fingerprint density at radius 1 is 1.00 bits per heavy atom. The zero-order valence-corrected chi connectivity index (χ0v) is 12.5. The van der Waals surface area contributed by atoms with Crippen LogP contribution in [0.1, 0.15) is 40.9 Å². The average Bonchev–Trinajstić information content (AvgIpc) is 2.42. The maximum atomic E-state index is 12.7. The van der Waals surface area contributed by atoms with Crippen LogP contribution in [0.25, 0.3) is 0 Å². The van der Waals surface area contributed by atoms with E-state index in [0.717, 1.165) is 22.4 Å². The molecule has 104 valence electrons. The number of hydrogen-bond donors (Lipinski definition) is 1. The molecule has 2 aromatic carbocycles. The first-order valence-electron chi connectivity index (χ1n) is 6.96. The highest BCUT2D eigenvalue weighted by Crippen LogP contribution is 2.24. The topological polar surface area (TPSA) is 29.1 Å². The van der Waals surface area contributed by atoms with Gasteiger partial charge < -0.3 is 5.32 Å². The highest BCUT2D eigenvalue weighted by molar-refractivity contribution is 6.12. The molecule has 0 aromatic heterocycles. The van der Waals surface area contributed by atoms with Crippen LogP contribution in [-0.2, 0) is 0 Å². The maximum absolute atomic E-state index is 12.7. The lowest BCUT2D eigenvalue weighted by Crippen LogP contribution is -2.14. The van der Waals surface area contributed by atoms with Gasteiger partial charge in [-0.2, -0.15) is 0 Å². The molecule has 0 aliphatic carbocycles. The highest BCUT2D eigenvalue weighted by Gasteiger charge is 2.15. The van der Waals surface area contributed by atoms with Crippen molar-refractivity contribution < 1.29 is 4.79 Å². The summed E-state index contributed by atoms with van der Waals surface area (Å²) in [7, 11) is 0. The number of carbonyl (C=O) groups excluding carboxylic acids is 1. The minimum absolute atomic E-state index is 0.0665. The van der Waals surface area contributed by atoms with Gasteiger partial charge in [0.15, 0.2) is 5.78 Å². The molecular weight excluding hydrogens is 246 g/mol. The lowest BCUT2D eigenvalue weighted by Gasteiger charge is -2.16. The van der Waals surface area contributed by atoms with Crippen LogP contribution >= 0.6 is 0 Å². The number of rotatable bonds is 4. The minimum Gasteiger partial charge on any atom is -0.382 e. The molecule has 0 fully saturated rings. The van der Waals surface area contributed by atoms with Gasteiger partial charge in [0.25, 0.3) is 0 Å². The van der Waals surface area contributed by atoms with Crippen molar-refractivity contribution in [3.8, 4) is 0 Å². The summed E-state index contributed by atoms with van der Waals surface area (Å²) in [6, 6.07) is 13.8. The molecule has 0 heterocycles. The first-order valence-corrected chi connectivity index (χ1v) is 6.96. The van der Waals surface area contributed by atoms with Crippen LogP contribution in [0, 0.1) is 13.8 Å². The van der Waals surface area contributed by atoms with Crippen molar-refractivity contribution in [2.45, 2.75) is 33.7 Å². The van der Waals surface area contributed by atoms with Crippen molar-refractivity contribution in [2.24, 2.45) is 0 Å². The van der Waals surface area contributed by atoms with Crippen LogP contribution in [-0.4, -0.2) is 11.8 Å². The number of benzene rings is 2. The number of hydrogen-bond acceptors (Lipinski definition) is 2. The summed E-state index contributed by atoms with van der Waals surface area (Å²) in [6.07, 6.45) is 0. The molecule has 0 amide bonds. The van der Waals surface area contributed by atoms with Gasteiger partial charge in [-0.15, -0.1) is 0 Å². The third kappa shape index (κ3) is 3.08. The van der Waals surface area contributed by atoms with Gasteiger partial charge in [-0.05, 0) is 51.0 Å². The normalized spacial score (nSPS) is 10.7. The van der Waals surface area contributed by atoms with Crippen molar-refractivity contribution >= 4 is 11.5 Å². The molecule has 0 radical (unpaired) electrons. The second kappa shape index (κ2) is 5.91. The highest BCUT2D eigenvalue weighted by atomic mass is 16.1.